The van der Waals surface area contributed by atoms with E-state index in [0.717, 1.165) is 0 Å². The molecule has 0 aromatic carbocycles. The Labute approximate surface area is 105 Å². The number of carbonyl (C=O) groups is 1. The van der Waals surface area contributed by atoms with Crippen LogP contribution in [0.4, 0.5) is 0 Å². The number of aliphatic hydroxyl groups is 1. The number of aryl methyl sites for hydroxylation is 1. The molecule has 1 aromatic heterocycles. The van der Waals surface area contributed by atoms with Crippen molar-refractivity contribution in [1.82, 2.24) is 8.87 Å². The molecule has 2 rings (SSSR count). The molecular weight excluding hydrogens is 258 g/mol. The number of hydrogen-bond acceptors (Lipinski definition) is 4. The number of amides is 1. The van der Waals surface area contributed by atoms with Crippen LogP contribution in [0.3, 0.4) is 0 Å². The lowest BCUT2D eigenvalue weighted by Crippen LogP contribution is -2.29. The molecule has 3 N–H and O–H groups in total. The second kappa shape index (κ2) is 4.38. The van der Waals surface area contributed by atoms with Crippen LogP contribution < -0.4 is 5.73 Å². The van der Waals surface area contributed by atoms with Gasteiger partial charge in [0.05, 0.1) is 6.10 Å². The Morgan fingerprint density at radius 1 is 1.56 bits per heavy atom. The van der Waals surface area contributed by atoms with Gasteiger partial charge in [-0.3, -0.25) is 4.79 Å². The molecule has 1 atom stereocenters. The summed E-state index contributed by atoms with van der Waals surface area (Å²) in [4.78, 5) is 11.1. The fraction of sp³-hybridized carbons (Fsp3) is 0.500. The first-order valence-electron chi connectivity index (χ1n) is 5.47. The van der Waals surface area contributed by atoms with E-state index >= 15 is 0 Å². The van der Waals surface area contributed by atoms with Gasteiger partial charge in [-0.1, -0.05) is 0 Å². The number of carbonyl (C=O) groups excluding carboxylic acids is 1. The van der Waals surface area contributed by atoms with Gasteiger partial charge in [0.25, 0.3) is 5.91 Å². The van der Waals surface area contributed by atoms with Crippen molar-refractivity contribution in [3.8, 4) is 0 Å². The summed E-state index contributed by atoms with van der Waals surface area (Å²) in [6.45, 7) is 0.368. The molecule has 1 unspecified atom stereocenters. The Morgan fingerprint density at radius 3 is 2.67 bits per heavy atom. The van der Waals surface area contributed by atoms with E-state index < -0.39 is 22.0 Å². The average Bonchev–Trinajstić information content (AvgIpc) is 2.84. The summed E-state index contributed by atoms with van der Waals surface area (Å²) in [7, 11) is -2.11. The van der Waals surface area contributed by atoms with Crippen LogP contribution in [0.25, 0.3) is 0 Å². The van der Waals surface area contributed by atoms with Crippen molar-refractivity contribution in [2.45, 2.75) is 17.4 Å². The molecule has 2 heterocycles. The third-order valence-electron chi connectivity index (χ3n) is 3.00. The number of sulfonamides is 1. The van der Waals surface area contributed by atoms with Gasteiger partial charge in [-0.05, 0) is 12.5 Å². The summed E-state index contributed by atoms with van der Waals surface area (Å²) in [6.07, 6.45) is 1.15. The summed E-state index contributed by atoms with van der Waals surface area (Å²) >= 11 is 0. The highest BCUT2D eigenvalue weighted by Crippen LogP contribution is 2.22. The van der Waals surface area contributed by atoms with Crippen LogP contribution in [-0.2, 0) is 17.1 Å². The van der Waals surface area contributed by atoms with E-state index in [4.69, 9.17) is 5.73 Å². The minimum Gasteiger partial charge on any atom is -0.392 e. The summed E-state index contributed by atoms with van der Waals surface area (Å²) in [5.74, 6) is -0.680. The Balaban J connectivity index is 2.36. The quantitative estimate of drug-likeness (QED) is 0.727. The number of nitrogens with two attached hydrogens (primary N) is 1. The maximum Gasteiger partial charge on any atom is 0.265 e. The van der Waals surface area contributed by atoms with Crippen molar-refractivity contribution in [2.24, 2.45) is 12.8 Å². The van der Waals surface area contributed by atoms with Crippen molar-refractivity contribution in [2.75, 3.05) is 13.1 Å². The van der Waals surface area contributed by atoms with Gasteiger partial charge in [-0.15, -0.1) is 0 Å². The maximum absolute atomic E-state index is 12.2. The van der Waals surface area contributed by atoms with E-state index in [2.05, 4.69) is 0 Å². The fourth-order valence-electron chi connectivity index (χ4n) is 2.00. The lowest BCUT2D eigenvalue weighted by atomic mass is 10.3. The smallest absolute Gasteiger partial charge is 0.265 e. The van der Waals surface area contributed by atoms with Crippen molar-refractivity contribution in [3.63, 3.8) is 0 Å². The van der Waals surface area contributed by atoms with Crippen LogP contribution in [0.15, 0.2) is 17.2 Å². The van der Waals surface area contributed by atoms with Crippen molar-refractivity contribution < 1.29 is 18.3 Å². The minimum atomic E-state index is -3.66. The molecule has 1 amide bonds. The molecule has 100 valence electrons. The molecule has 0 aliphatic carbocycles. The number of aliphatic hydroxyl groups excluding tert-OH is 1. The Kier molecular flexibility index (Phi) is 3.18. The number of hydrogen-bond donors (Lipinski definition) is 2. The fourth-order valence-corrected chi connectivity index (χ4v) is 3.56. The average molecular weight is 273 g/mol. The number of aromatic nitrogens is 1. The van der Waals surface area contributed by atoms with E-state index in [9.17, 15) is 18.3 Å². The largest absolute Gasteiger partial charge is 0.392 e. The monoisotopic (exact) mass is 273 g/mol. The van der Waals surface area contributed by atoms with Gasteiger partial charge >= 0.3 is 0 Å². The maximum atomic E-state index is 12.2. The van der Waals surface area contributed by atoms with Crippen LogP contribution >= 0.6 is 0 Å². The number of nitrogens with zero attached hydrogens (tertiary/aromatic N) is 2. The first-order chi connectivity index (χ1) is 8.32. The Bertz CT molecular complexity index is 578. The molecular formula is C10H15N3O4S. The van der Waals surface area contributed by atoms with E-state index in [1.54, 1.807) is 7.05 Å². The summed E-state index contributed by atoms with van der Waals surface area (Å²) < 4.78 is 27.0. The molecule has 7 nitrogen and oxygen atoms in total. The lowest BCUT2D eigenvalue weighted by molar-refractivity contribution is 0.0992. The van der Waals surface area contributed by atoms with Crippen LogP contribution in [-0.4, -0.2) is 47.5 Å². The van der Waals surface area contributed by atoms with Crippen LogP contribution in [0.1, 0.15) is 16.9 Å². The molecule has 0 saturated carbocycles. The molecule has 0 bridgehead atoms. The molecule has 1 aromatic rings. The second-order valence-electron chi connectivity index (χ2n) is 4.34. The molecule has 1 aliphatic heterocycles. The Morgan fingerprint density at radius 2 is 2.22 bits per heavy atom. The zero-order valence-electron chi connectivity index (χ0n) is 9.91. The van der Waals surface area contributed by atoms with E-state index in [-0.39, 0.29) is 23.7 Å². The van der Waals surface area contributed by atoms with Gasteiger partial charge in [-0.25, -0.2) is 8.42 Å². The van der Waals surface area contributed by atoms with Gasteiger partial charge in [-0.2, -0.15) is 4.31 Å². The third-order valence-corrected chi connectivity index (χ3v) is 4.83. The SMILES string of the molecule is Cn1cc(S(=O)(=O)N2CCC(O)C2)cc1C(N)=O. The molecule has 1 fully saturated rings. The van der Waals surface area contributed by atoms with Gasteiger partial charge in [0, 0.05) is 26.3 Å². The molecule has 8 heteroatoms. The molecule has 0 spiro atoms. The highest BCUT2D eigenvalue weighted by atomic mass is 32.2. The standard InChI is InChI=1S/C10H15N3O4S/c1-12-6-8(4-9(12)10(11)15)18(16,17)13-3-2-7(14)5-13/h4,6-7,14H,2-3,5H2,1H3,(H2,11,15). The Hall–Kier alpha value is -1.38. The molecule has 1 saturated heterocycles. The van der Waals surface area contributed by atoms with E-state index in [1.165, 1.54) is 21.1 Å². The van der Waals surface area contributed by atoms with Crippen LogP contribution in [0.2, 0.25) is 0 Å². The zero-order chi connectivity index (χ0) is 13.5. The van der Waals surface area contributed by atoms with Crippen molar-refractivity contribution >= 4 is 15.9 Å². The second-order valence-corrected chi connectivity index (χ2v) is 6.28. The predicted octanol–water partition coefficient (Wildman–Crippen LogP) is -1.12. The number of β-amino-alcohol motifs (C(OH)–C–C–N with tert-alkyl or cyclic N) is 1. The van der Waals surface area contributed by atoms with Gasteiger partial charge in [0.2, 0.25) is 10.0 Å². The van der Waals surface area contributed by atoms with E-state index in [1.807, 2.05) is 0 Å². The minimum absolute atomic E-state index is 0.0212. The van der Waals surface area contributed by atoms with Gasteiger partial charge in [0.15, 0.2) is 0 Å². The zero-order valence-corrected chi connectivity index (χ0v) is 10.7. The summed E-state index contributed by atoms with van der Waals surface area (Å²) in [5.41, 5.74) is 5.27. The van der Waals surface area contributed by atoms with Gasteiger partial charge < -0.3 is 15.4 Å². The third kappa shape index (κ3) is 2.14. The van der Waals surface area contributed by atoms with Crippen LogP contribution in [0.5, 0.6) is 0 Å². The van der Waals surface area contributed by atoms with Crippen molar-refractivity contribution in [3.05, 3.63) is 18.0 Å². The molecule has 1 aliphatic rings. The van der Waals surface area contributed by atoms with Crippen LogP contribution in [0, 0.1) is 0 Å². The number of rotatable bonds is 3. The first kappa shape index (κ1) is 13.1. The molecule has 18 heavy (non-hydrogen) atoms. The highest BCUT2D eigenvalue weighted by molar-refractivity contribution is 7.89. The van der Waals surface area contributed by atoms with E-state index in [0.29, 0.717) is 6.42 Å². The lowest BCUT2D eigenvalue weighted by Gasteiger charge is -2.14. The summed E-state index contributed by atoms with van der Waals surface area (Å²) in [5, 5.41) is 9.37. The van der Waals surface area contributed by atoms with Gasteiger partial charge in [0.1, 0.15) is 10.6 Å². The number of primary amides is 1. The topological polar surface area (TPSA) is 106 Å². The molecule has 0 radical (unpaired) electrons. The normalized spacial score (nSPS) is 21.3. The predicted molar refractivity (Wildman–Crippen MR) is 63.3 cm³/mol. The first-order valence-corrected chi connectivity index (χ1v) is 6.91. The van der Waals surface area contributed by atoms with Crippen molar-refractivity contribution in [1.29, 1.82) is 0 Å². The highest BCUT2D eigenvalue weighted by Gasteiger charge is 2.32. The summed E-state index contributed by atoms with van der Waals surface area (Å²) in [6, 6.07) is 1.25.